The van der Waals surface area contributed by atoms with Crippen LogP contribution >= 0.6 is 23.1 Å². The Labute approximate surface area is 230 Å². The molecular formula is C26H35N3O7S2. The van der Waals surface area contributed by atoms with E-state index in [1.54, 1.807) is 28.8 Å². The van der Waals surface area contributed by atoms with Gasteiger partial charge >= 0.3 is 12.1 Å². The van der Waals surface area contributed by atoms with Crippen molar-refractivity contribution in [2.75, 3.05) is 13.3 Å². The first kappa shape index (κ1) is 28.6. The van der Waals surface area contributed by atoms with Gasteiger partial charge in [0.15, 0.2) is 0 Å². The Morgan fingerprint density at radius 2 is 2.05 bits per heavy atom. The molecule has 2 amide bonds. The zero-order valence-electron chi connectivity index (χ0n) is 21.9. The summed E-state index contributed by atoms with van der Waals surface area (Å²) < 4.78 is 10.6. The second-order valence-corrected chi connectivity index (χ2v) is 11.6. The summed E-state index contributed by atoms with van der Waals surface area (Å²) in [6.07, 6.45) is 5.62. The van der Waals surface area contributed by atoms with Crippen LogP contribution in [0.5, 0.6) is 0 Å². The number of carbonyl (C=O) groups excluding carboxylic acids is 3. The van der Waals surface area contributed by atoms with Crippen LogP contribution in [-0.2, 0) is 25.7 Å². The van der Waals surface area contributed by atoms with Crippen LogP contribution in [0.3, 0.4) is 0 Å². The van der Waals surface area contributed by atoms with Gasteiger partial charge in [0.05, 0.1) is 40.8 Å². The van der Waals surface area contributed by atoms with Gasteiger partial charge in [0.1, 0.15) is 5.70 Å². The van der Waals surface area contributed by atoms with Gasteiger partial charge in [-0.05, 0) is 38.2 Å². The largest absolute Gasteiger partial charge is 0.423 e. The number of hydrogen-bond acceptors (Lipinski definition) is 10. The molecule has 4 atom stereocenters. The van der Waals surface area contributed by atoms with Gasteiger partial charge in [-0.25, -0.2) is 14.6 Å². The number of aliphatic hydroxyl groups is 2. The fourth-order valence-corrected chi connectivity index (χ4v) is 7.36. The van der Waals surface area contributed by atoms with Gasteiger partial charge in [-0.3, -0.25) is 4.79 Å². The van der Waals surface area contributed by atoms with Crippen LogP contribution in [0.2, 0.25) is 0 Å². The summed E-state index contributed by atoms with van der Waals surface area (Å²) in [7, 11) is 0. The van der Waals surface area contributed by atoms with Crippen LogP contribution < -0.4 is 0 Å². The molecule has 2 aliphatic heterocycles. The molecule has 1 saturated heterocycles. The summed E-state index contributed by atoms with van der Waals surface area (Å²) >= 11 is 2.66. The number of thiazole rings is 1. The third-order valence-electron chi connectivity index (χ3n) is 7.50. The van der Waals surface area contributed by atoms with Crippen LogP contribution in [0.1, 0.15) is 63.4 Å². The molecule has 0 aromatic carbocycles. The van der Waals surface area contributed by atoms with E-state index in [0.717, 1.165) is 30.6 Å². The molecule has 2 fully saturated rings. The van der Waals surface area contributed by atoms with Gasteiger partial charge in [0.2, 0.25) is 12.7 Å². The minimum Gasteiger partial charge on any atom is -0.423 e. The van der Waals surface area contributed by atoms with Crippen LogP contribution in [0.25, 0.3) is 6.08 Å². The van der Waals surface area contributed by atoms with Crippen molar-refractivity contribution in [3.63, 3.8) is 0 Å². The van der Waals surface area contributed by atoms with Gasteiger partial charge < -0.3 is 29.5 Å². The Balaban J connectivity index is 1.46. The predicted octanol–water partition coefficient (Wildman–Crippen LogP) is 3.70. The lowest BCUT2D eigenvalue weighted by molar-refractivity contribution is -0.166. The number of carbonyl (C=O) groups is 3. The number of amides is 2. The molecule has 1 aliphatic carbocycles. The van der Waals surface area contributed by atoms with Gasteiger partial charge in [0, 0.05) is 23.4 Å². The molecule has 0 unspecified atom stereocenters. The SMILES string of the molecule is CCN(C(=O)OCOC(=O)C1=C(SC=Cc2scnc2CO)[C@H](C)[C@@H]2[C@@H]([C@@H](C)O)C(=O)N12)C1CCCCC1. The number of rotatable bonds is 10. The summed E-state index contributed by atoms with van der Waals surface area (Å²) in [4.78, 5) is 47.4. The van der Waals surface area contributed by atoms with Crippen molar-refractivity contribution in [1.29, 1.82) is 0 Å². The maximum absolute atomic E-state index is 13.2. The van der Waals surface area contributed by atoms with E-state index in [0.29, 0.717) is 17.1 Å². The third-order valence-corrected chi connectivity index (χ3v) is 9.43. The van der Waals surface area contributed by atoms with E-state index < -0.39 is 30.9 Å². The molecule has 38 heavy (non-hydrogen) atoms. The second-order valence-electron chi connectivity index (χ2n) is 9.75. The Hall–Kier alpha value is -2.41. The maximum atomic E-state index is 13.2. The highest BCUT2D eigenvalue weighted by Crippen LogP contribution is 2.51. The highest BCUT2D eigenvalue weighted by molar-refractivity contribution is 8.06. The minimum absolute atomic E-state index is 0.112. The molecule has 0 bridgehead atoms. The Morgan fingerprint density at radius 3 is 2.71 bits per heavy atom. The molecule has 12 heteroatoms. The van der Waals surface area contributed by atoms with Crippen molar-refractivity contribution in [2.24, 2.45) is 11.8 Å². The van der Waals surface area contributed by atoms with Gasteiger partial charge in [-0.2, -0.15) is 0 Å². The Morgan fingerprint density at radius 1 is 1.32 bits per heavy atom. The molecule has 0 radical (unpaired) electrons. The average Bonchev–Trinajstić information content (AvgIpc) is 3.45. The van der Waals surface area contributed by atoms with Crippen molar-refractivity contribution in [1.82, 2.24) is 14.8 Å². The highest BCUT2D eigenvalue weighted by atomic mass is 32.2. The number of esters is 1. The summed E-state index contributed by atoms with van der Waals surface area (Å²) in [5.74, 6) is -1.91. The Bertz CT molecular complexity index is 1100. The van der Waals surface area contributed by atoms with E-state index in [9.17, 15) is 24.6 Å². The van der Waals surface area contributed by atoms with Crippen molar-refractivity contribution >= 4 is 47.1 Å². The predicted molar refractivity (Wildman–Crippen MR) is 143 cm³/mol. The summed E-state index contributed by atoms with van der Waals surface area (Å²) in [6.45, 7) is 5.15. The molecule has 0 spiro atoms. The van der Waals surface area contributed by atoms with E-state index in [4.69, 9.17) is 9.47 Å². The number of nitrogens with zero attached hydrogens (tertiary/aromatic N) is 3. The first-order chi connectivity index (χ1) is 18.3. The van der Waals surface area contributed by atoms with Gasteiger partial charge in [0.25, 0.3) is 0 Å². The molecule has 3 heterocycles. The zero-order chi connectivity index (χ0) is 27.4. The van der Waals surface area contributed by atoms with Crippen molar-refractivity contribution in [2.45, 2.75) is 77.7 Å². The first-order valence-corrected chi connectivity index (χ1v) is 14.8. The standard InChI is InChI=1S/C26H35N3O7S2/c1-4-28(17-8-6-5-7-9-17)26(34)36-14-35-25(33)22-23(37-11-10-19-18(12-30)27-13-38-19)15(2)21-20(16(3)31)24(32)29(21)22/h10-11,13,15-17,20-21,30-31H,4-9,12,14H2,1-3H3/t15-,16-,20-,21-/m1/s1. The zero-order valence-corrected chi connectivity index (χ0v) is 23.5. The average molecular weight is 566 g/mol. The summed E-state index contributed by atoms with van der Waals surface area (Å²) in [6, 6.07) is -0.228. The van der Waals surface area contributed by atoms with E-state index >= 15 is 0 Å². The fraction of sp³-hybridized carbons (Fsp3) is 0.615. The molecule has 1 saturated carbocycles. The fourth-order valence-electron chi connectivity index (χ4n) is 5.58. The molecular weight excluding hydrogens is 530 g/mol. The van der Waals surface area contributed by atoms with E-state index in [2.05, 4.69) is 4.98 Å². The molecule has 10 nitrogen and oxygen atoms in total. The lowest BCUT2D eigenvalue weighted by Crippen LogP contribution is -2.63. The van der Waals surface area contributed by atoms with Crippen molar-refractivity contribution < 1.29 is 34.1 Å². The van der Waals surface area contributed by atoms with E-state index in [-0.39, 0.29) is 36.2 Å². The number of aliphatic hydroxyl groups excluding tert-OH is 2. The molecule has 208 valence electrons. The number of β-lactam (4-membered cyclic amide) rings is 1. The number of fused-ring (bicyclic) bond motifs is 1. The van der Waals surface area contributed by atoms with E-state index in [1.807, 2.05) is 13.8 Å². The third kappa shape index (κ3) is 5.63. The molecule has 2 N–H and O–H groups in total. The molecule has 3 aliphatic rings. The number of aromatic nitrogens is 1. The second kappa shape index (κ2) is 12.6. The lowest BCUT2D eigenvalue weighted by Gasteiger charge is -2.46. The first-order valence-electron chi connectivity index (χ1n) is 13.0. The van der Waals surface area contributed by atoms with Crippen molar-refractivity contribution in [3.8, 4) is 0 Å². The lowest BCUT2D eigenvalue weighted by atomic mass is 9.79. The van der Waals surface area contributed by atoms with E-state index in [1.165, 1.54) is 34.4 Å². The highest BCUT2D eigenvalue weighted by Gasteiger charge is 2.60. The maximum Gasteiger partial charge on any atom is 0.412 e. The monoisotopic (exact) mass is 565 g/mol. The molecule has 1 aromatic heterocycles. The number of thioether (sulfide) groups is 1. The number of hydrogen-bond donors (Lipinski definition) is 2. The molecule has 1 aromatic rings. The van der Waals surface area contributed by atoms with Crippen molar-refractivity contribution in [3.05, 3.63) is 32.1 Å². The quantitative estimate of drug-likeness (QED) is 0.248. The summed E-state index contributed by atoms with van der Waals surface area (Å²) in [5.41, 5.74) is 2.31. The normalized spacial score (nSPS) is 24.4. The van der Waals surface area contributed by atoms with Gasteiger partial charge in [-0.15, -0.1) is 11.3 Å². The summed E-state index contributed by atoms with van der Waals surface area (Å²) in [5, 5.41) is 21.4. The minimum atomic E-state index is -0.853. The van der Waals surface area contributed by atoms with Gasteiger partial charge in [-0.1, -0.05) is 37.9 Å². The Kier molecular flexibility index (Phi) is 9.50. The topological polar surface area (TPSA) is 130 Å². The van der Waals surface area contributed by atoms with Crippen LogP contribution in [-0.4, -0.2) is 74.5 Å². The van der Waals surface area contributed by atoms with Crippen LogP contribution in [0, 0.1) is 11.8 Å². The molecule has 4 rings (SSSR count). The smallest absolute Gasteiger partial charge is 0.412 e. The van der Waals surface area contributed by atoms with Crippen LogP contribution in [0.4, 0.5) is 4.79 Å². The number of ether oxygens (including phenoxy) is 2. The van der Waals surface area contributed by atoms with Crippen LogP contribution in [0.15, 0.2) is 21.5 Å².